The van der Waals surface area contributed by atoms with Gasteiger partial charge in [-0.15, -0.1) is 0 Å². The molecule has 7 nitrogen and oxygen atoms in total. The Morgan fingerprint density at radius 2 is 2.13 bits per heavy atom. The fraction of sp³-hybridized carbons (Fsp3) is 0.381. The van der Waals surface area contributed by atoms with Crippen LogP contribution >= 0.6 is 0 Å². The summed E-state index contributed by atoms with van der Waals surface area (Å²) in [6.07, 6.45) is 7.36. The molecule has 1 amide bonds. The lowest BCUT2D eigenvalue weighted by Gasteiger charge is -2.18. The molecule has 0 aliphatic carbocycles. The maximum absolute atomic E-state index is 13.5. The Balaban J connectivity index is 1.71. The molecule has 2 aromatic rings. The van der Waals surface area contributed by atoms with Crippen molar-refractivity contribution in [3.63, 3.8) is 0 Å². The number of aryl methyl sites for hydroxylation is 1. The number of allylic oxidation sites excluding steroid dienone is 1. The second-order valence-electron chi connectivity index (χ2n) is 7.34. The molecule has 2 aromatic heterocycles. The molecule has 1 saturated heterocycles. The van der Waals surface area contributed by atoms with Crippen molar-refractivity contribution in [2.45, 2.75) is 38.2 Å². The molecule has 1 aliphatic heterocycles. The van der Waals surface area contributed by atoms with Gasteiger partial charge >= 0.3 is 0 Å². The second-order valence-corrected chi connectivity index (χ2v) is 7.34. The third-order valence-electron chi connectivity index (χ3n) is 4.99. The number of amides is 1. The number of hydrogen-bond donors (Lipinski definition) is 0. The van der Waals surface area contributed by atoms with E-state index in [-0.39, 0.29) is 18.6 Å². The number of rotatable bonds is 6. The topological polar surface area (TPSA) is 91.9 Å². The second kappa shape index (κ2) is 8.53. The predicted octanol–water partition coefficient (Wildman–Crippen LogP) is 3.10. The van der Waals surface area contributed by atoms with E-state index >= 15 is 0 Å². The molecule has 1 aliphatic rings. The quantitative estimate of drug-likeness (QED) is 0.679. The molecule has 0 aromatic carbocycles. The van der Waals surface area contributed by atoms with Crippen LogP contribution in [0, 0.1) is 11.3 Å². The van der Waals surface area contributed by atoms with E-state index in [1.54, 1.807) is 36.3 Å². The molecule has 0 unspecified atom stereocenters. The van der Waals surface area contributed by atoms with Gasteiger partial charge in [-0.3, -0.25) is 19.3 Å². The number of Topliss-reactive ketones (excluding diaryl/α,β-unsaturated/α-hetero) is 1. The number of carbonyl (C=O) groups excluding carboxylic acids is 2. The molecule has 0 bridgehead atoms. The van der Waals surface area contributed by atoms with Gasteiger partial charge in [-0.1, -0.05) is 0 Å². The number of hydrogen-bond acceptors (Lipinski definition) is 5. The first-order chi connectivity index (χ1) is 14.2. The predicted molar refractivity (Wildman–Crippen MR) is 105 cm³/mol. The first-order valence-corrected chi connectivity index (χ1v) is 9.41. The highest BCUT2D eigenvalue weighted by Gasteiger charge is 2.47. The zero-order valence-electron chi connectivity index (χ0n) is 16.7. The van der Waals surface area contributed by atoms with Gasteiger partial charge in [-0.2, -0.15) is 10.4 Å². The van der Waals surface area contributed by atoms with Gasteiger partial charge in [0.15, 0.2) is 5.78 Å². The maximum Gasteiger partial charge on any atom is 0.268 e. The van der Waals surface area contributed by atoms with Crippen LogP contribution in [0.25, 0.3) is 11.6 Å². The summed E-state index contributed by atoms with van der Waals surface area (Å²) in [6.45, 7) is 1.10. The van der Waals surface area contributed by atoms with Gasteiger partial charge in [-0.05, 0) is 24.6 Å². The number of pyridine rings is 1. The van der Waals surface area contributed by atoms with Crippen molar-refractivity contribution in [3.05, 3.63) is 47.5 Å². The number of carbonyl (C=O) groups is 2. The van der Waals surface area contributed by atoms with Crippen LogP contribution in [0.15, 0.2) is 30.9 Å². The van der Waals surface area contributed by atoms with Gasteiger partial charge < -0.3 is 4.90 Å². The van der Waals surface area contributed by atoms with Crippen LogP contribution < -0.4 is 0 Å². The highest BCUT2D eigenvalue weighted by molar-refractivity contribution is 6.02. The first kappa shape index (κ1) is 21.3. The minimum atomic E-state index is -3.08. The fourth-order valence-corrected chi connectivity index (χ4v) is 3.41. The summed E-state index contributed by atoms with van der Waals surface area (Å²) in [5.74, 6) is -3.99. The standard InChI is InChI=1S/C21H21F2N5O2/c1-14(16-11-26-27(2)12-16)7-15-10-25-6-5-18(15)19(29)3-4-20(30)28-13-21(22,23)8-17(28)9-24/h5-7,10-12,17H,3-4,8,13H2,1-2H3/b14-7+/t17-/m0/s1. The number of alkyl halides is 2. The van der Waals surface area contributed by atoms with Crippen molar-refractivity contribution in [3.8, 4) is 6.07 Å². The number of likely N-dealkylation sites (tertiary alicyclic amines) is 1. The smallest absolute Gasteiger partial charge is 0.268 e. The third kappa shape index (κ3) is 4.76. The molecule has 0 N–H and O–H groups in total. The van der Waals surface area contributed by atoms with Gasteiger partial charge in [0.05, 0.1) is 18.8 Å². The molecule has 156 valence electrons. The highest BCUT2D eigenvalue weighted by atomic mass is 19.3. The Bertz CT molecular complexity index is 1040. The zero-order valence-corrected chi connectivity index (χ0v) is 16.7. The van der Waals surface area contributed by atoms with Crippen molar-refractivity contribution < 1.29 is 18.4 Å². The third-order valence-corrected chi connectivity index (χ3v) is 4.99. The van der Waals surface area contributed by atoms with Crippen LogP contribution in [-0.4, -0.2) is 49.9 Å². The first-order valence-electron chi connectivity index (χ1n) is 9.41. The van der Waals surface area contributed by atoms with Gasteiger partial charge in [-0.25, -0.2) is 8.78 Å². The minimum Gasteiger partial charge on any atom is -0.320 e. The largest absolute Gasteiger partial charge is 0.320 e. The summed E-state index contributed by atoms with van der Waals surface area (Å²) in [5, 5.41) is 13.1. The van der Waals surface area contributed by atoms with Crippen molar-refractivity contribution >= 4 is 23.3 Å². The molecule has 1 fully saturated rings. The van der Waals surface area contributed by atoms with Crippen molar-refractivity contribution in [2.24, 2.45) is 7.05 Å². The molecule has 9 heteroatoms. The van der Waals surface area contributed by atoms with Crippen LogP contribution in [0.1, 0.15) is 47.7 Å². The zero-order chi connectivity index (χ0) is 21.9. The van der Waals surface area contributed by atoms with E-state index in [1.807, 2.05) is 19.2 Å². The van der Waals surface area contributed by atoms with E-state index in [2.05, 4.69) is 10.1 Å². The van der Waals surface area contributed by atoms with Crippen LogP contribution in [0.5, 0.6) is 0 Å². The van der Waals surface area contributed by atoms with Crippen LogP contribution in [0.4, 0.5) is 8.78 Å². The molecule has 3 rings (SSSR count). The molecule has 0 radical (unpaired) electrons. The average Bonchev–Trinajstić information content (AvgIpc) is 3.28. The highest BCUT2D eigenvalue weighted by Crippen LogP contribution is 2.32. The Morgan fingerprint density at radius 3 is 2.80 bits per heavy atom. The van der Waals surface area contributed by atoms with Gasteiger partial charge in [0, 0.05) is 61.6 Å². The molecule has 0 spiro atoms. The van der Waals surface area contributed by atoms with Crippen molar-refractivity contribution in [1.29, 1.82) is 5.26 Å². The molecule has 3 heterocycles. The summed E-state index contributed by atoms with van der Waals surface area (Å²) in [5.41, 5.74) is 2.77. The fourth-order valence-electron chi connectivity index (χ4n) is 3.41. The van der Waals surface area contributed by atoms with Gasteiger partial charge in [0.25, 0.3) is 5.92 Å². The summed E-state index contributed by atoms with van der Waals surface area (Å²) < 4.78 is 28.8. The number of ketones is 1. The lowest BCUT2D eigenvalue weighted by atomic mass is 9.99. The SMILES string of the molecule is C/C(=C\c1cnccc1C(=O)CCC(=O)N1CC(F)(F)C[C@H]1C#N)c1cnn(C)c1. The van der Waals surface area contributed by atoms with Gasteiger partial charge in [0.1, 0.15) is 6.04 Å². The Labute approximate surface area is 172 Å². The maximum atomic E-state index is 13.5. The molecular weight excluding hydrogens is 392 g/mol. The minimum absolute atomic E-state index is 0.143. The summed E-state index contributed by atoms with van der Waals surface area (Å²) >= 11 is 0. The van der Waals surface area contributed by atoms with Crippen LogP contribution in [0.2, 0.25) is 0 Å². The lowest BCUT2D eigenvalue weighted by Crippen LogP contribution is -2.36. The van der Waals surface area contributed by atoms with E-state index < -0.39 is 30.8 Å². The van der Waals surface area contributed by atoms with E-state index in [9.17, 15) is 18.4 Å². The molecule has 30 heavy (non-hydrogen) atoms. The van der Waals surface area contributed by atoms with Gasteiger partial charge in [0.2, 0.25) is 5.91 Å². The van der Waals surface area contributed by atoms with E-state index in [4.69, 9.17) is 5.26 Å². The summed E-state index contributed by atoms with van der Waals surface area (Å²) in [6, 6.07) is 2.14. The summed E-state index contributed by atoms with van der Waals surface area (Å²) in [7, 11) is 1.81. The monoisotopic (exact) mass is 413 g/mol. The normalized spacial score (nSPS) is 18.3. The van der Waals surface area contributed by atoms with Crippen molar-refractivity contribution in [1.82, 2.24) is 19.7 Å². The summed E-state index contributed by atoms with van der Waals surface area (Å²) in [4.78, 5) is 30.0. The Morgan fingerprint density at radius 1 is 1.37 bits per heavy atom. The van der Waals surface area contributed by atoms with Crippen molar-refractivity contribution in [2.75, 3.05) is 6.54 Å². The number of aromatic nitrogens is 3. The number of nitriles is 1. The molecule has 1 atom stereocenters. The van der Waals surface area contributed by atoms with Crippen LogP contribution in [-0.2, 0) is 11.8 Å². The lowest BCUT2D eigenvalue weighted by molar-refractivity contribution is -0.132. The Kier molecular flexibility index (Phi) is 6.06. The molecular formula is C21H21F2N5O2. The average molecular weight is 413 g/mol. The van der Waals surface area contributed by atoms with Crippen LogP contribution in [0.3, 0.4) is 0 Å². The Hall–Kier alpha value is -3.41. The number of halogens is 2. The van der Waals surface area contributed by atoms with E-state index in [0.717, 1.165) is 16.0 Å². The van der Waals surface area contributed by atoms with E-state index in [0.29, 0.717) is 11.1 Å². The van der Waals surface area contributed by atoms with E-state index in [1.165, 1.54) is 6.20 Å². The number of nitrogens with zero attached hydrogens (tertiary/aromatic N) is 5. The molecule has 0 saturated carbocycles.